The van der Waals surface area contributed by atoms with Crippen molar-refractivity contribution in [1.82, 2.24) is 5.32 Å². The van der Waals surface area contributed by atoms with Gasteiger partial charge in [0.05, 0.1) is 5.56 Å². The first-order chi connectivity index (χ1) is 9.40. The lowest BCUT2D eigenvalue weighted by Gasteiger charge is -2.36. The van der Waals surface area contributed by atoms with Gasteiger partial charge in [-0.1, -0.05) is 22.0 Å². The van der Waals surface area contributed by atoms with E-state index in [0.717, 1.165) is 36.0 Å². The lowest BCUT2D eigenvalue weighted by atomic mass is 9.83. The van der Waals surface area contributed by atoms with Crippen LogP contribution in [0.2, 0.25) is 0 Å². The Balaban J connectivity index is 2.07. The molecular weight excluding hydrogens is 318 g/mol. The van der Waals surface area contributed by atoms with Gasteiger partial charge in [-0.3, -0.25) is 0 Å². The number of esters is 1. The summed E-state index contributed by atoms with van der Waals surface area (Å²) in [6.45, 7) is 8.04. The van der Waals surface area contributed by atoms with Crippen molar-refractivity contribution in [3.8, 4) is 0 Å². The minimum absolute atomic E-state index is 0.241. The highest BCUT2D eigenvalue weighted by Crippen LogP contribution is 2.30. The van der Waals surface area contributed by atoms with E-state index in [4.69, 9.17) is 4.74 Å². The third kappa shape index (κ3) is 3.61. The first kappa shape index (κ1) is 15.5. The summed E-state index contributed by atoms with van der Waals surface area (Å²) in [7, 11) is 0. The van der Waals surface area contributed by atoms with E-state index in [1.807, 2.05) is 39.0 Å². The highest BCUT2D eigenvalue weighted by atomic mass is 79.9. The van der Waals surface area contributed by atoms with Crippen LogP contribution in [0.3, 0.4) is 0 Å². The van der Waals surface area contributed by atoms with Crippen molar-refractivity contribution in [2.45, 2.75) is 39.2 Å². The Labute approximate surface area is 129 Å². The van der Waals surface area contributed by atoms with Gasteiger partial charge in [-0.25, -0.2) is 4.79 Å². The topological polar surface area (TPSA) is 38.3 Å². The SMILES string of the molecule is Cc1ccc(C(=O)OC(C)(C)C2CCNCC2)cc1Br. The van der Waals surface area contributed by atoms with E-state index < -0.39 is 5.60 Å². The lowest BCUT2D eigenvalue weighted by molar-refractivity contribution is -0.0368. The molecule has 110 valence electrons. The van der Waals surface area contributed by atoms with Crippen molar-refractivity contribution in [1.29, 1.82) is 0 Å². The molecular formula is C16H22BrNO2. The second-order valence-corrected chi connectivity index (χ2v) is 6.84. The van der Waals surface area contributed by atoms with Crippen LogP contribution in [0.15, 0.2) is 22.7 Å². The van der Waals surface area contributed by atoms with Crippen LogP contribution in [-0.4, -0.2) is 24.7 Å². The summed E-state index contributed by atoms with van der Waals surface area (Å²) < 4.78 is 6.71. The Hall–Kier alpha value is -0.870. The molecule has 1 heterocycles. The Bertz CT molecular complexity index is 493. The smallest absolute Gasteiger partial charge is 0.338 e. The standard InChI is InChI=1S/C16H22BrNO2/c1-11-4-5-12(10-14(11)17)15(19)20-16(2,3)13-6-8-18-9-7-13/h4-5,10,13,18H,6-9H2,1-3H3. The number of benzene rings is 1. The second-order valence-electron chi connectivity index (χ2n) is 5.98. The Kier molecular flexibility index (Phi) is 4.86. The molecule has 3 nitrogen and oxygen atoms in total. The number of carbonyl (C=O) groups excluding carboxylic acids is 1. The summed E-state index contributed by atoms with van der Waals surface area (Å²) in [5.74, 6) is 0.177. The number of rotatable bonds is 3. The highest BCUT2D eigenvalue weighted by molar-refractivity contribution is 9.10. The Morgan fingerprint density at radius 2 is 2.00 bits per heavy atom. The molecule has 0 aliphatic carbocycles. The molecule has 0 unspecified atom stereocenters. The predicted octanol–water partition coefficient (Wildman–Crippen LogP) is 3.69. The summed E-state index contributed by atoms with van der Waals surface area (Å²) in [5.41, 5.74) is 1.29. The highest BCUT2D eigenvalue weighted by Gasteiger charge is 2.34. The molecule has 1 aromatic carbocycles. The average molecular weight is 340 g/mol. The summed E-state index contributed by atoms with van der Waals surface area (Å²) in [6, 6.07) is 5.58. The maximum atomic E-state index is 12.3. The molecule has 0 amide bonds. The number of piperidine rings is 1. The summed E-state index contributed by atoms with van der Waals surface area (Å²) in [6.07, 6.45) is 2.11. The van der Waals surface area contributed by atoms with Crippen molar-refractivity contribution in [3.05, 3.63) is 33.8 Å². The zero-order valence-corrected chi connectivity index (χ0v) is 13.9. The van der Waals surface area contributed by atoms with Crippen LogP contribution in [0.25, 0.3) is 0 Å². The number of nitrogens with one attached hydrogen (secondary N) is 1. The number of aryl methyl sites for hydroxylation is 1. The molecule has 1 aliphatic rings. The Morgan fingerprint density at radius 1 is 1.35 bits per heavy atom. The van der Waals surface area contributed by atoms with Crippen LogP contribution in [0.1, 0.15) is 42.6 Å². The largest absolute Gasteiger partial charge is 0.456 e. The van der Waals surface area contributed by atoms with Gasteiger partial charge in [-0.05, 0) is 64.4 Å². The van der Waals surface area contributed by atoms with Gasteiger partial charge < -0.3 is 10.1 Å². The summed E-state index contributed by atoms with van der Waals surface area (Å²) >= 11 is 3.45. The van der Waals surface area contributed by atoms with E-state index in [0.29, 0.717) is 11.5 Å². The molecule has 20 heavy (non-hydrogen) atoms. The lowest BCUT2D eigenvalue weighted by Crippen LogP contribution is -2.42. The van der Waals surface area contributed by atoms with Gasteiger partial charge in [0, 0.05) is 10.4 Å². The fraction of sp³-hybridized carbons (Fsp3) is 0.562. The molecule has 0 spiro atoms. The number of carbonyl (C=O) groups is 1. The van der Waals surface area contributed by atoms with Crippen molar-refractivity contribution in [2.24, 2.45) is 5.92 Å². The number of hydrogen-bond donors (Lipinski definition) is 1. The zero-order valence-electron chi connectivity index (χ0n) is 12.3. The van der Waals surface area contributed by atoms with Gasteiger partial charge >= 0.3 is 5.97 Å². The molecule has 1 aliphatic heterocycles. The van der Waals surface area contributed by atoms with Crippen molar-refractivity contribution in [2.75, 3.05) is 13.1 Å². The molecule has 1 fully saturated rings. The van der Waals surface area contributed by atoms with E-state index in [1.54, 1.807) is 0 Å². The van der Waals surface area contributed by atoms with Crippen molar-refractivity contribution in [3.63, 3.8) is 0 Å². The van der Waals surface area contributed by atoms with Gasteiger partial charge in [-0.15, -0.1) is 0 Å². The van der Waals surface area contributed by atoms with Crippen LogP contribution in [0.4, 0.5) is 0 Å². The van der Waals surface area contributed by atoms with Gasteiger partial charge in [0.1, 0.15) is 5.60 Å². The maximum absolute atomic E-state index is 12.3. The second kappa shape index (κ2) is 6.27. The summed E-state index contributed by atoms with van der Waals surface area (Å²) in [4.78, 5) is 12.3. The molecule has 1 saturated heterocycles. The van der Waals surface area contributed by atoms with Crippen LogP contribution in [-0.2, 0) is 4.74 Å². The maximum Gasteiger partial charge on any atom is 0.338 e. The molecule has 2 rings (SSSR count). The normalized spacial score (nSPS) is 17.0. The van der Waals surface area contributed by atoms with E-state index in [-0.39, 0.29) is 5.97 Å². The van der Waals surface area contributed by atoms with Crippen molar-refractivity contribution < 1.29 is 9.53 Å². The van der Waals surface area contributed by atoms with E-state index in [2.05, 4.69) is 21.2 Å². The Morgan fingerprint density at radius 3 is 2.60 bits per heavy atom. The van der Waals surface area contributed by atoms with Crippen LogP contribution in [0.5, 0.6) is 0 Å². The fourth-order valence-electron chi connectivity index (χ4n) is 2.62. The number of hydrogen-bond acceptors (Lipinski definition) is 3. The number of halogens is 1. The van der Waals surface area contributed by atoms with Gasteiger partial charge in [0.2, 0.25) is 0 Å². The molecule has 0 radical (unpaired) electrons. The first-order valence-corrected chi connectivity index (χ1v) is 7.89. The van der Waals surface area contributed by atoms with Crippen LogP contribution < -0.4 is 5.32 Å². The minimum atomic E-state index is -0.420. The third-order valence-corrected chi connectivity index (χ3v) is 4.94. The fourth-order valence-corrected chi connectivity index (χ4v) is 3.00. The van der Waals surface area contributed by atoms with Gasteiger partial charge in [-0.2, -0.15) is 0 Å². The monoisotopic (exact) mass is 339 g/mol. The minimum Gasteiger partial charge on any atom is -0.456 e. The van der Waals surface area contributed by atoms with Gasteiger partial charge in [0.15, 0.2) is 0 Å². The van der Waals surface area contributed by atoms with E-state index in [1.165, 1.54) is 0 Å². The van der Waals surface area contributed by atoms with Crippen LogP contribution >= 0.6 is 15.9 Å². The molecule has 0 saturated carbocycles. The van der Waals surface area contributed by atoms with Crippen LogP contribution in [0, 0.1) is 12.8 Å². The average Bonchev–Trinajstić information content (AvgIpc) is 2.42. The zero-order chi connectivity index (χ0) is 14.8. The molecule has 1 aromatic rings. The molecule has 0 atom stereocenters. The number of ether oxygens (including phenoxy) is 1. The van der Waals surface area contributed by atoms with E-state index >= 15 is 0 Å². The molecule has 0 aromatic heterocycles. The van der Waals surface area contributed by atoms with Crippen molar-refractivity contribution >= 4 is 21.9 Å². The summed E-state index contributed by atoms with van der Waals surface area (Å²) in [5, 5.41) is 3.34. The van der Waals surface area contributed by atoms with Gasteiger partial charge in [0.25, 0.3) is 0 Å². The van der Waals surface area contributed by atoms with E-state index in [9.17, 15) is 4.79 Å². The molecule has 4 heteroatoms. The molecule has 1 N–H and O–H groups in total. The predicted molar refractivity (Wildman–Crippen MR) is 84.0 cm³/mol. The third-order valence-electron chi connectivity index (χ3n) is 4.09. The molecule has 0 bridgehead atoms. The quantitative estimate of drug-likeness (QED) is 0.853. The first-order valence-electron chi connectivity index (χ1n) is 7.10.